The van der Waals surface area contributed by atoms with Crippen molar-refractivity contribution in [2.45, 2.75) is 230 Å². The molecule has 4 saturated heterocycles. The van der Waals surface area contributed by atoms with Gasteiger partial charge in [0.05, 0.1) is 61.9 Å². The standard InChI is InChI=1S/C43H54O7.C41H50O7/c1-3-5-7-9-27-46-37-25-23-34(24-26-37)33-17-21-36(22-18-33)43(45)50-39-29-48-40-38(28-47-41(39)40)49-42(44)35-19-15-32(16-20-35)31-13-11-30(12-14-31)10-8-6-4-2;1-3-5-7-8-28-9-11-29(12-10-28)30-13-17-33(18-14-30)40(42)47-36-26-45-39-37(27-46-38(36)39)48-41(43)34-19-15-31(16-20-34)32-21-23-35(24-22-32)44-25-6-4-2/h15-26,30-31,38-41H,3-14,27-29H2,1-2H3;13-24,28-29,36-39H,3-12,25-27H2,1-2H3/t30?,31?,38-,39?,40-,41-;28?,29?,36-,37?,38-,39-/m00/s1. The van der Waals surface area contributed by atoms with Gasteiger partial charge in [-0.3, -0.25) is 0 Å². The molecule has 2 saturated carbocycles. The third-order valence-corrected chi connectivity index (χ3v) is 21.0. The first kappa shape index (κ1) is 71.9. The molecule has 0 aromatic heterocycles. The molecule has 6 aliphatic rings. The van der Waals surface area contributed by atoms with Gasteiger partial charge in [-0.2, -0.15) is 0 Å². The Morgan fingerprint density at radius 2 is 0.592 bits per heavy atom. The van der Waals surface area contributed by atoms with Gasteiger partial charge < -0.3 is 47.4 Å². The third-order valence-electron chi connectivity index (χ3n) is 21.0. The first-order chi connectivity index (χ1) is 48.0. The van der Waals surface area contributed by atoms with Crippen LogP contribution in [0.2, 0.25) is 0 Å². The average molecular weight is 1340 g/mol. The van der Waals surface area contributed by atoms with Gasteiger partial charge in [0.1, 0.15) is 35.9 Å². The Balaban J connectivity index is 0.000000199. The van der Waals surface area contributed by atoms with Gasteiger partial charge in [0.25, 0.3) is 0 Å². The van der Waals surface area contributed by atoms with Gasteiger partial charge in [0, 0.05) is 0 Å². The van der Waals surface area contributed by atoms with Crippen molar-refractivity contribution >= 4 is 23.9 Å². The van der Waals surface area contributed by atoms with E-state index in [2.05, 4.69) is 52.0 Å². The van der Waals surface area contributed by atoms with E-state index in [1.165, 1.54) is 133 Å². The lowest BCUT2D eigenvalue weighted by Gasteiger charge is -2.29. The summed E-state index contributed by atoms with van der Waals surface area (Å²) in [7, 11) is 0. The number of ether oxygens (including phenoxy) is 10. The van der Waals surface area contributed by atoms with Crippen LogP contribution in [0.3, 0.4) is 0 Å². The van der Waals surface area contributed by atoms with Gasteiger partial charge in [-0.05, 0) is 194 Å². The second-order valence-electron chi connectivity index (χ2n) is 28.0. The molecule has 4 aliphatic heterocycles. The van der Waals surface area contributed by atoms with Crippen LogP contribution in [0.1, 0.15) is 233 Å². The molecule has 0 spiro atoms. The Kier molecular flexibility index (Phi) is 26.9. The fourth-order valence-corrected chi connectivity index (χ4v) is 14.9. The highest BCUT2D eigenvalue weighted by molar-refractivity contribution is 5.92. The van der Waals surface area contributed by atoms with E-state index in [0.717, 1.165) is 71.5 Å². The molecule has 2 unspecified atom stereocenters. The molecule has 6 aromatic rings. The number of rotatable bonds is 30. The summed E-state index contributed by atoms with van der Waals surface area (Å²) >= 11 is 0. The summed E-state index contributed by atoms with van der Waals surface area (Å²) in [6.45, 7) is 11.1. The number of esters is 4. The number of carbonyl (C=O) groups excluding carboxylic acids is 4. The van der Waals surface area contributed by atoms with E-state index in [0.29, 0.717) is 40.7 Å². The van der Waals surface area contributed by atoms with Crippen LogP contribution in [0, 0.1) is 11.8 Å². The number of fused-ring (bicyclic) bond motifs is 2. The van der Waals surface area contributed by atoms with Crippen molar-refractivity contribution < 1.29 is 66.5 Å². The summed E-state index contributed by atoms with van der Waals surface area (Å²) in [5, 5.41) is 0. The predicted molar refractivity (Wildman–Crippen MR) is 380 cm³/mol. The Labute approximate surface area is 581 Å². The number of carbonyl (C=O) groups is 4. The minimum absolute atomic E-state index is 0.190. The van der Waals surface area contributed by atoms with E-state index in [9.17, 15) is 19.2 Å². The number of hydrogen-bond acceptors (Lipinski definition) is 14. The topological polar surface area (TPSA) is 161 Å². The predicted octanol–water partition coefficient (Wildman–Crippen LogP) is 18.7. The van der Waals surface area contributed by atoms with Gasteiger partial charge in [0.2, 0.25) is 0 Å². The Morgan fingerprint density at radius 1 is 0.316 bits per heavy atom. The van der Waals surface area contributed by atoms with Crippen LogP contribution in [0.4, 0.5) is 0 Å². The van der Waals surface area contributed by atoms with Crippen molar-refractivity contribution in [1.29, 1.82) is 0 Å². The molecule has 0 radical (unpaired) electrons. The number of hydrogen-bond donors (Lipinski definition) is 0. The molecule has 0 amide bonds. The summed E-state index contributed by atoms with van der Waals surface area (Å²) in [5.74, 6) is 2.94. The zero-order valence-corrected chi connectivity index (χ0v) is 58.3. The number of benzene rings is 6. The molecule has 6 aromatic carbocycles. The van der Waals surface area contributed by atoms with Crippen LogP contribution in [0.15, 0.2) is 146 Å². The maximum Gasteiger partial charge on any atom is 0.338 e. The number of unbranched alkanes of at least 4 members (excludes halogenated alkanes) is 8. The van der Waals surface area contributed by atoms with Gasteiger partial charge in [0.15, 0.2) is 24.4 Å². The van der Waals surface area contributed by atoms with Gasteiger partial charge >= 0.3 is 23.9 Å². The summed E-state index contributed by atoms with van der Waals surface area (Å²) in [6.07, 6.45) is 23.4. The molecule has 12 rings (SSSR count). The second-order valence-corrected chi connectivity index (χ2v) is 28.0. The zero-order valence-electron chi connectivity index (χ0n) is 58.3. The van der Waals surface area contributed by atoms with E-state index in [1.807, 2.05) is 97.1 Å². The van der Waals surface area contributed by atoms with E-state index in [-0.39, 0.29) is 32.4 Å². The maximum atomic E-state index is 13.1. The van der Waals surface area contributed by atoms with Crippen LogP contribution in [0.25, 0.3) is 22.3 Å². The first-order valence-corrected chi connectivity index (χ1v) is 37.2. The van der Waals surface area contributed by atoms with Crippen LogP contribution >= 0.6 is 0 Å². The molecule has 2 aliphatic carbocycles. The minimum Gasteiger partial charge on any atom is -0.494 e. The minimum atomic E-state index is -0.577. The van der Waals surface area contributed by atoms with Crippen LogP contribution < -0.4 is 9.47 Å². The Morgan fingerprint density at radius 3 is 0.898 bits per heavy atom. The van der Waals surface area contributed by atoms with E-state index < -0.39 is 66.7 Å². The molecule has 0 bridgehead atoms. The lowest BCUT2D eigenvalue weighted by Crippen LogP contribution is -2.36. The fourth-order valence-electron chi connectivity index (χ4n) is 14.9. The lowest BCUT2D eigenvalue weighted by molar-refractivity contribution is -0.0293. The van der Waals surface area contributed by atoms with Gasteiger partial charge in [-0.15, -0.1) is 0 Å². The van der Waals surface area contributed by atoms with Crippen molar-refractivity contribution in [3.63, 3.8) is 0 Å². The van der Waals surface area contributed by atoms with Crippen molar-refractivity contribution in [1.82, 2.24) is 0 Å². The quantitative estimate of drug-likeness (QED) is 0.0238. The Hall–Kier alpha value is -7.36. The molecule has 0 N–H and O–H groups in total. The second kappa shape index (κ2) is 36.6. The zero-order chi connectivity index (χ0) is 68.0. The van der Waals surface area contributed by atoms with Crippen molar-refractivity contribution in [3.05, 3.63) is 179 Å². The van der Waals surface area contributed by atoms with E-state index >= 15 is 0 Å². The smallest absolute Gasteiger partial charge is 0.338 e. The molecule has 8 atom stereocenters. The average Bonchev–Trinajstić information content (AvgIpc) is 1.64. The molecule has 14 nitrogen and oxygen atoms in total. The van der Waals surface area contributed by atoms with Gasteiger partial charge in [-0.1, -0.05) is 178 Å². The maximum absolute atomic E-state index is 13.1. The molecule has 98 heavy (non-hydrogen) atoms. The molecular weight excluding hydrogens is 1230 g/mol. The third kappa shape index (κ3) is 19.5. The summed E-state index contributed by atoms with van der Waals surface area (Å²) in [4.78, 5) is 52.2. The van der Waals surface area contributed by atoms with Gasteiger partial charge in [-0.25, -0.2) is 19.2 Å². The summed E-state index contributed by atoms with van der Waals surface area (Å²) < 4.78 is 58.7. The molecule has 4 heterocycles. The largest absolute Gasteiger partial charge is 0.494 e. The van der Waals surface area contributed by atoms with Crippen LogP contribution in [-0.4, -0.2) is 112 Å². The highest BCUT2D eigenvalue weighted by Crippen LogP contribution is 2.41. The molecule has 6 fully saturated rings. The van der Waals surface area contributed by atoms with E-state index in [1.54, 1.807) is 24.3 Å². The molecular formula is C84H104O14. The highest BCUT2D eigenvalue weighted by Gasteiger charge is 2.53. The normalized spacial score (nSPS) is 24.7. The summed E-state index contributed by atoms with van der Waals surface area (Å²) in [6, 6.07) is 46.6. The van der Waals surface area contributed by atoms with Crippen LogP contribution in [-0.2, 0) is 37.9 Å². The fraction of sp³-hybridized carbons (Fsp3) is 0.524. The monoisotopic (exact) mass is 1340 g/mol. The summed E-state index contributed by atoms with van der Waals surface area (Å²) in [5.41, 5.74) is 8.64. The first-order valence-electron chi connectivity index (χ1n) is 37.2. The Bertz CT molecular complexity index is 3410. The molecule has 524 valence electrons. The van der Waals surface area contributed by atoms with Crippen molar-refractivity contribution in [3.8, 4) is 33.8 Å². The SMILES string of the molecule is CCCCCC1CCC(c2ccc(C(=O)O[C@H]3CO[C@H]4C(OC(=O)c5ccc(-c6ccc(OCCCC)cc6)cc5)CO[C@@H]34)cc2)CC1.CCCCCCOc1ccc(-c2ccc(C(=O)OC3CO[C@H]4[C@@H](OC(=O)c5ccc(C6CCC(CCCCC)CC6)cc5)CO[C@@H]34)cc2)cc1. The van der Waals surface area contributed by atoms with E-state index in [4.69, 9.17) is 47.4 Å². The lowest BCUT2D eigenvalue weighted by atomic mass is 9.77. The van der Waals surface area contributed by atoms with Crippen molar-refractivity contribution in [2.75, 3.05) is 39.6 Å². The molecule has 14 heteroatoms. The van der Waals surface area contributed by atoms with Crippen molar-refractivity contribution in [2.24, 2.45) is 11.8 Å². The highest BCUT2D eigenvalue weighted by atomic mass is 16.7. The van der Waals surface area contributed by atoms with Crippen LogP contribution in [0.5, 0.6) is 11.5 Å².